The summed E-state index contributed by atoms with van der Waals surface area (Å²) in [5.41, 5.74) is -0.224. The van der Waals surface area contributed by atoms with Gasteiger partial charge in [-0.15, -0.1) is 0 Å². The number of hydrogen-bond acceptors (Lipinski definition) is 5. The van der Waals surface area contributed by atoms with Crippen LogP contribution in [-0.4, -0.2) is 36.6 Å². The molecule has 1 rings (SSSR count). The predicted molar refractivity (Wildman–Crippen MR) is 59.5 cm³/mol. The normalized spacial score (nSPS) is 9.94. The molecule has 0 aliphatic carbocycles. The monoisotopic (exact) mass is 225 g/mol. The van der Waals surface area contributed by atoms with E-state index in [1.165, 1.54) is 13.2 Å². The average molecular weight is 225 g/mol. The Hall–Kier alpha value is -1.85. The molecule has 0 aliphatic rings. The van der Waals surface area contributed by atoms with Crippen molar-refractivity contribution < 1.29 is 9.53 Å². The first-order chi connectivity index (χ1) is 7.56. The maximum absolute atomic E-state index is 11.3. The van der Waals surface area contributed by atoms with Crippen molar-refractivity contribution in [1.82, 2.24) is 9.97 Å². The fourth-order valence-electron chi connectivity index (χ4n) is 1.20. The van der Waals surface area contributed by atoms with E-state index in [1.807, 2.05) is 6.92 Å². The number of likely N-dealkylation sites (N-methyl/N-ethyl adjacent to an activating group) is 1. The van der Waals surface area contributed by atoms with Gasteiger partial charge in [-0.2, -0.15) is 0 Å². The number of H-pyrrole nitrogens is 1. The van der Waals surface area contributed by atoms with E-state index in [2.05, 4.69) is 14.7 Å². The first kappa shape index (κ1) is 12.2. The highest BCUT2D eigenvalue weighted by molar-refractivity contribution is 5.74. The summed E-state index contributed by atoms with van der Waals surface area (Å²) in [6.07, 6.45) is 0.634. The maximum atomic E-state index is 11.3. The average Bonchev–Trinajstić information content (AvgIpc) is 2.27. The molecule has 0 atom stereocenters. The second kappa shape index (κ2) is 5.29. The number of methoxy groups -OCH3 is 1. The Morgan fingerprint density at radius 2 is 2.31 bits per heavy atom. The van der Waals surface area contributed by atoms with Gasteiger partial charge in [0.1, 0.15) is 18.2 Å². The summed E-state index contributed by atoms with van der Waals surface area (Å²) in [5, 5.41) is 0. The molecular weight excluding hydrogens is 210 g/mol. The number of nitrogens with zero attached hydrogens (tertiary/aromatic N) is 2. The van der Waals surface area contributed by atoms with Crippen molar-refractivity contribution in [1.29, 1.82) is 0 Å². The van der Waals surface area contributed by atoms with Crippen molar-refractivity contribution >= 4 is 11.8 Å². The number of hydrogen-bond donors (Lipinski definition) is 1. The molecule has 88 valence electrons. The van der Waals surface area contributed by atoms with Crippen LogP contribution in [0.1, 0.15) is 12.7 Å². The standard InChI is InChI=1S/C10H15N3O3/c1-4-7-11-8(5-9(14)12-7)13(2)6-10(15)16-3/h5H,4,6H2,1-3H3,(H,11,12,14). The van der Waals surface area contributed by atoms with Crippen LogP contribution in [0.15, 0.2) is 10.9 Å². The summed E-state index contributed by atoms with van der Waals surface area (Å²) in [4.78, 5) is 30.7. The summed E-state index contributed by atoms with van der Waals surface area (Å²) in [6.45, 7) is 1.96. The zero-order valence-electron chi connectivity index (χ0n) is 9.61. The van der Waals surface area contributed by atoms with Crippen LogP contribution in [-0.2, 0) is 16.0 Å². The molecule has 0 saturated heterocycles. The lowest BCUT2D eigenvalue weighted by Gasteiger charge is -2.16. The van der Waals surface area contributed by atoms with Gasteiger partial charge in [0, 0.05) is 19.5 Å². The fourth-order valence-corrected chi connectivity index (χ4v) is 1.20. The molecule has 1 aromatic heterocycles. The van der Waals surface area contributed by atoms with Crippen molar-refractivity contribution in [3.05, 3.63) is 22.2 Å². The molecule has 0 fully saturated rings. The van der Waals surface area contributed by atoms with E-state index >= 15 is 0 Å². The van der Waals surface area contributed by atoms with E-state index in [0.717, 1.165) is 0 Å². The van der Waals surface area contributed by atoms with Gasteiger partial charge in [0.05, 0.1) is 7.11 Å². The Morgan fingerprint density at radius 1 is 1.62 bits per heavy atom. The summed E-state index contributed by atoms with van der Waals surface area (Å²) in [7, 11) is 3.00. The second-order valence-electron chi connectivity index (χ2n) is 3.34. The van der Waals surface area contributed by atoms with Crippen molar-refractivity contribution in [3.8, 4) is 0 Å². The lowest BCUT2D eigenvalue weighted by atomic mass is 10.4. The molecule has 0 amide bonds. The van der Waals surface area contributed by atoms with Gasteiger partial charge >= 0.3 is 5.97 Å². The molecule has 0 aromatic carbocycles. The van der Waals surface area contributed by atoms with Gasteiger partial charge < -0.3 is 14.6 Å². The highest BCUT2D eigenvalue weighted by Crippen LogP contribution is 2.05. The summed E-state index contributed by atoms with van der Waals surface area (Å²) >= 11 is 0. The minimum atomic E-state index is -0.373. The zero-order chi connectivity index (χ0) is 12.1. The number of aromatic nitrogens is 2. The molecule has 0 saturated carbocycles. The van der Waals surface area contributed by atoms with Gasteiger partial charge in [-0.1, -0.05) is 6.92 Å². The minimum Gasteiger partial charge on any atom is -0.468 e. The first-order valence-corrected chi connectivity index (χ1v) is 4.95. The van der Waals surface area contributed by atoms with Crippen LogP contribution in [0.25, 0.3) is 0 Å². The Kier molecular flexibility index (Phi) is 4.04. The van der Waals surface area contributed by atoms with E-state index in [9.17, 15) is 9.59 Å². The Balaban J connectivity index is 2.90. The first-order valence-electron chi connectivity index (χ1n) is 4.95. The number of rotatable bonds is 4. The van der Waals surface area contributed by atoms with Crippen LogP contribution in [0.4, 0.5) is 5.82 Å². The number of ether oxygens (including phenoxy) is 1. The highest BCUT2D eigenvalue weighted by atomic mass is 16.5. The van der Waals surface area contributed by atoms with Crippen molar-refractivity contribution in [3.63, 3.8) is 0 Å². The Labute approximate surface area is 93.3 Å². The van der Waals surface area contributed by atoms with E-state index < -0.39 is 0 Å². The van der Waals surface area contributed by atoms with Gasteiger partial charge in [-0.05, 0) is 0 Å². The number of nitrogens with one attached hydrogen (secondary N) is 1. The number of carbonyl (C=O) groups excluding carboxylic acids is 1. The number of esters is 1. The van der Waals surface area contributed by atoms with E-state index in [1.54, 1.807) is 11.9 Å². The lowest BCUT2D eigenvalue weighted by molar-refractivity contribution is -0.138. The number of aromatic amines is 1. The quantitative estimate of drug-likeness (QED) is 0.727. The van der Waals surface area contributed by atoms with Crippen molar-refractivity contribution in [2.75, 3.05) is 25.6 Å². The molecule has 1 heterocycles. The SMILES string of the molecule is CCc1nc(N(C)CC(=O)OC)cc(=O)[nH]1. The third-order valence-corrected chi connectivity index (χ3v) is 2.10. The van der Waals surface area contributed by atoms with E-state index in [0.29, 0.717) is 18.1 Å². The molecule has 6 nitrogen and oxygen atoms in total. The van der Waals surface area contributed by atoms with Gasteiger partial charge in [0.25, 0.3) is 5.56 Å². The van der Waals surface area contributed by atoms with Crippen molar-refractivity contribution in [2.24, 2.45) is 0 Å². The molecular formula is C10H15N3O3. The summed E-state index contributed by atoms with van der Waals surface area (Å²) in [6, 6.07) is 1.35. The van der Waals surface area contributed by atoms with Gasteiger partial charge in [-0.25, -0.2) is 4.98 Å². The maximum Gasteiger partial charge on any atom is 0.325 e. The van der Waals surface area contributed by atoms with E-state index in [4.69, 9.17) is 0 Å². The zero-order valence-corrected chi connectivity index (χ0v) is 9.61. The Morgan fingerprint density at radius 3 is 2.88 bits per heavy atom. The van der Waals surface area contributed by atoms with Gasteiger partial charge in [0.2, 0.25) is 0 Å². The molecule has 0 spiro atoms. The number of carbonyl (C=O) groups is 1. The van der Waals surface area contributed by atoms with Crippen LogP contribution >= 0.6 is 0 Å². The molecule has 16 heavy (non-hydrogen) atoms. The third kappa shape index (κ3) is 3.08. The number of aryl methyl sites for hydroxylation is 1. The Bertz CT molecular complexity index is 428. The highest BCUT2D eigenvalue weighted by Gasteiger charge is 2.09. The predicted octanol–water partition coefficient (Wildman–Crippen LogP) is -0.0585. The summed E-state index contributed by atoms with van der Waals surface area (Å²) < 4.78 is 4.53. The van der Waals surface area contributed by atoms with Crippen molar-refractivity contribution in [2.45, 2.75) is 13.3 Å². The molecule has 6 heteroatoms. The molecule has 0 aliphatic heterocycles. The van der Waals surface area contributed by atoms with E-state index in [-0.39, 0.29) is 18.1 Å². The van der Waals surface area contributed by atoms with Crippen LogP contribution in [0.2, 0.25) is 0 Å². The second-order valence-corrected chi connectivity index (χ2v) is 3.34. The molecule has 0 unspecified atom stereocenters. The largest absolute Gasteiger partial charge is 0.468 e. The minimum absolute atomic E-state index is 0.0656. The lowest BCUT2D eigenvalue weighted by Crippen LogP contribution is -2.28. The van der Waals surface area contributed by atoms with Crippen LogP contribution < -0.4 is 10.5 Å². The fraction of sp³-hybridized carbons (Fsp3) is 0.500. The smallest absolute Gasteiger partial charge is 0.325 e. The van der Waals surface area contributed by atoms with Gasteiger partial charge in [-0.3, -0.25) is 9.59 Å². The van der Waals surface area contributed by atoms with Crippen LogP contribution in [0.5, 0.6) is 0 Å². The molecule has 1 N–H and O–H groups in total. The molecule has 0 bridgehead atoms. The topological polar surface area (TPSA) is 75.3 Å². The third-order valence-electron chi connectivity index (χ3n) is 2.10. The van der Waals surface area contributed by atoms with Gasteiger partial charge in [0.15, 0.2) is 0 Å². The summed E-state index contributed by atoms with van der Waals surface area (Å²) in [5.74, 6) is 0.688. The van der Waals surface area contributed by atoms with Crippen LogP contribution in [0.3, 0.4) is 0 Å². The number of anilines is 1. The molecule has 0 radical (unpaired) electrons. The van der Waals surface area contributed by atoms with Crippen LogP contribution in [0, 0.1) is 0 Å². The molecule has 1 aromatic rings.